The summed E-state index contributed by atoms with van der Waals surface area (Å²) in [6.45, 7) is 6.01. The lowest BCUT2D eigenvalue weighted by Crippen LogP contribution is -2.57. The molecular formula is C24H32ClN5O3S. The van der Waals surface area contributed by atoms with Crippen molar-refractivity contribution in [2.45, 2.75) is 50.7 Å². The molecule has 1 aromatic heterocycles. The molecule has 2 N–H and O–H groups in total. The van der Waals surface area contributed by atoms with E-state index in [2.05, 4.69) is 16.8 Å². The van der Waals surface area contributed by atoms with Gasteiger partial charge < -0.3 is 15.4 Å². The fourth-order valence-electron chi connectivity index (χ4n) is 5.36. The van der Waals surface area contributed by atoms with Crippen LogP contribution in [-0.4, -0.2) is 71.5 Å². The van der Waals surface area contributed by atoms with E-state index >= 15 is 0 Å². The summed E-state index contributed by atoms with van der Waals surface area (Å²) in [7, 11) is 0. The van der Waals surface area contributed by atoms with Crippen LogP contribution in [-0.2, 0) is 14.3 Å². The molecule has 1 unspecified atom stereocenters. The van der Waals surface area contributed by atoms with Crippen molar-refractivity contribution in [2.24, 2.45) is 17.6 Å². The van der Waals surface area contributed by atoms with Crippen LogP contribution in [0.5, 0.6) is 0 Å². The summed E-state index contributed by atoms with van der Waals surface area (Å²) in [6, 6.07) is -1.47. The Morgan fingerprint density at radius 3 is 2.76 bits per heavy atom. The summed E-state index contributed by atoms with van der Waals surface area (Å²) in [6.07, 6.45) is 11.1. The lowest BCUT2D eigenvalue weighted by molar-refractivity contribution is -0.130. The van der Waals surface area contributed by atoms with E-state index in [1.807, 2.05) is 11.1 Å². The molecule has 2 amide bonds. The third kappa shape index (κ3) is 4.68. The number of rotatable bonds is 4. The number of allylic oxidation sites excluding steroid dienone is 2. The molecular weight excluding hydrogens is 474 g/mol. The van der Waals surface area contributed by atoms with Crippen molar-refractivity contribution in [3.8, 4) is 0 Å². The Hall–Kier alpha value is -1.78. The summed E-state index contributed by atoms with van der Waals surface area (Å²) >= 11 is 7.77. The standard InChI is InChI=1S/C24H32ClN5O3S/c1-15-2-4-16(5-3-15)21(26)23(32)30-22(31)18-7-6-17(25)13-29(18)19(20-12-27-24(30)34-20)14-28-8-10-33-11-9-28/h6-7,12-13,15-16,18-19,21H,2-5,8-11,14,26H2,1H3/t15?,16?,18-,19-,21?/m1/s1. The highest BCUT2D eigenvalue weighted by Crippen LogP contribution is 2.39. The highest BCUT2D eigenvalue weighted by molar-refractivity contribution is 7.16. The normalized spacial score (nSPS) is 30.9. The molecule has 3 aliphatic heterocycles. The maximum Gasteiger partial charge on any atom is 0.262 e. The number of nitrogens with zero attached hydrogens (tertiary/aromatic N) is 4. The second kappa shape index (κ2) is 10.1. The zero-order valence-corrected chi connectivity index (χ0v) is 21.0. The molecule has 2 fully saturated rings. The Labute approximate surface area is 209 Å². The second-order valence-corrected chi connectivity index (χ2v) is 11.3. The van der Waals surface area contributed by atoms with Crippen LogP contribution in [0.25, 0.3) is 0 Å². The van der Waals surface area contributed by atoms with Gasteiger partial charge in [0.15, 0.2) is 5.13 Å². The molecule has 0 spiro atoms. The topological polar surface area (TPSA) is 92.0 Å². The molecule has 4 heterocycles. The van der Waals surface area contributed by atoms with E-state index in [9.17, 15) is 9.59 Å². The number of aromatic nitrogens is 1. The van der Waals surface area contributed by atoms with E-state index in [-0.39, 0.29) is 23.8 Å². The van der Waals surface area contributed by atoms with E-state index in [0.29, 0.717) is 29.3 Å². The summed E-state index contributed by atoms with van der Waals surface area (Å²) in [5, 5.41) is 0.956. The van der Waals surface area contributed by atoms with Crippen molar-refractivity contribution >= 4 is 39.9 Å². The smallest absolute Gasteiger partial charge is 0.262 e. The predicted molar refractivity (Wildman–Crippen MR) is 132 cm³/mol. The Balaban J connectivity index is 1.46. The van der Waals surface area contributed by atoms with Gasteiger partial charge in [-0.15, -0.1) is 0 Å². The van der Waals surface area contributed by atoms with Gasteiger partial charge in [-0.3, -0.25) is 14.5 Å². The van der Waals surface area contributed by atoms with Gasteiger partial charge in [0, 0.05) is 32.0 Å². The number of fused-ring (bicyclic) bond motifs is 3. The number of thiazole rings is 1. The average Bonchev–Trinajstić information content (AvgIpc) is 3.33. The number of halogens is 1. The highest BCUT2D eigenvalue weighted by Gasteiger charge is 2.43. The minimum atomic E-state index is -0.715. The van der Waals surface area contributed by atoms with Gasteiger partial charge in [-0.25, -0.2) is 9.88 Å². The van der Waals surface area contributed by atoms with Crippen LogP contribution in [0.15, 0.2) is 29.6 Å². The van der Waals surface area contributed by atoms with Crippen molar-refractivity contribution < 1.29 is 14.3 Å². The van der Waals surface area contributed by atoms with Gasteiger partial charge in [-0.2, -0.15) is 0 Å². The summed E-state index contributed by atoms with van der Waals surface area (Å²) in [4.78, 5) is 38.6. The summed E-state index contributed by atoms with van der Waals surface area (Å²) < 4.78 is 5.50. The first kappa shape index (κ1) is 23.9. The number of carbonyl (C=O) groups excluding carboxylic acids is 2. The van der Waals surface area contributed by atoms with Crippen LogP contribution in [0.4, 0.5) is 5.13 Å². The molecule has 1 aromatic rings. The number of nitrogens with two attached hydrogens (primary N) is 1. The number of ether oxygens (including phenoxy) is 1. The number of hydrogen-bond donors (Lipinski definition) is 1. The molecule has 1 saturated carbocycles. The fourth-order valence-corrected chi connectivity index (χ4v) is 6.57. The van der Waals surface area contributed by atoms with Gasteiger partial charge in [0.2, 0.25) is 0 Å². The molecule has 3 atom stereocenters. The van der Waals surface area contributed by atoms with Crippen molar-refractivity contribution in [1.29, 1.82) is 0 Å². The zero-order valence-electron chi connectivity index (χ0n) is 19.4. The Bertz CT molecular complexity index is 983. The van der Waals surface area contributed by atoms with Crippen molar-refractivity contribution in [2.75, 3.05) is 37.7 Å². The van der Waals surface area contributed by atoms with Crippen molar-refractivity contribution in [3.63, 3.8) is 0 Å². The maximum absolute atomic E-state index is 13.9. The van der Waals surface area contributed by atoms with Crippen LogP contribution in [0.3, 0.4) is 0 Å². The molecule has 5 rings (SSSR count). The zero-order chi connectivity index (χ0) is 23.8. The number of morpholine rings is 1. The average molecular weight is 506 g/mol. The molecule has 184 valence electrons. The minimum absolute atomic E-state index is 0.0859. The third-order valence-electron chi connectivity index (χ3n) is 7.50. The van der Waals surface area contributed by atoms with Crippen LogP contribution in [0, 0.1) is 11.8 Å². The first-order valence-corrected chi connectivity index (χ1v) is 13.3. The van der Waals surface area contributed by atoms with E-state index in [1.165, 1.54) is 16.2 Å². The number of anilines is 1. The van der Waals surface area contributed by atoms with E-state index < -0.39 is 12.1 Å². The Morgan fingerprint density at radius 1 is 1.29 bits per heavy atom. The van der Waals surface area contributed by atoms with E-state index in [1.54, 1.807) is 18.3 Å². The summed E-state index contributed by atoms with van der Waals surface area (Å²) in [5.41, 5.74) is 6.48. The highest BCUT2D eigenvalue weighted by atomic mass is 35.5. The molecule has 34 heavy (non-hydrogen) atoms. The quantitative estimate of drug-likeness (QED) is 0.672. The van der Waals surface area contributed by atoms with Crippen LogP contribution < -0.4 is 10.6 Å². The fraction of sp³-hybridized carbons (Fsp3) is 0.625. The Kier molecular flexibility index (Phi) is 7.09. The SMILES string of the molecule is CC1CCC(C(N)C(=O)N2C(=O)[C@H]3C=CC(Cl)=CN3[C@H](CN3CCOCC3)c3cnc2s3)CC1. The van der Waals surface area contributed by atoms with Crippen molar-refractivity contribution in [1.82, 2.24) is 14.8 Å². The molecule has 10 heteroatoms. The van der Waals surface area contributed by atoms with Crippen LogP contribution >= 0.6 is 22.9 Å². The van der Waals surface area contributed by atoms with Gasteiger partial charge in [0.1, 0.15) is 6.04 Å². The van der Waals surface area contributed by atoms with Gasteiger partial charge >= 0.3 is 0 Å². The number of amides is 2. The first-order chi connectivity index (χ1) is 16.4. The lowest BCUT2D eigenvalue weighted by atomic mass is 9.79. The number of imide groups is 1. The summed E-state index contributed by atoms with van der Waals surface area (Å²) in [5.74, 6) is 0.0620. The minimum Gasteiger partial charge on any atom is -0.379 e. The molecule has 1 saturated heterocycles. The molecule has 0 radical (unpaired) electrons. The molecule has 8 nitrogen and oxygen atoms in total. The molecule has 0 aromatic carbocycles. The van der Waals surface area contributed by atoms with Gasteiger partial charge in [0.25, 0.3) is 11.8 Å². The number of hydrogen-bond acceptors (Lipinski definition) is 8. The first-order valence-electron chi connectivity index (χ1n) is 12.1. The van der Waals surface area contributed by atoms with Crippen LogP contribution in [0.1, 0.15) is 43.5 Å². The number of carbonyl (C=O) groups is 2. The van der Waals surface area contributed by atoms with E-state index in [0.717, 1.165) is 50.2 Å². The van der Waals surface area contributed by atoms with Gasteiger partial charge in [0.05, 0.1) is 35.2 Å². The monoisotopic (exact) mass is 505 g/mol. The second-order valence-electron chi connectivity index (χ2n) is 9.80. The van der Waals surface area contributed by atoms with Crippen molar-refractivity contribution in [3.05, 3.63) is 34.5 Å². The van der Waals surface area contributed by atoms with Gasteiger partial charge in [-0.05, 0) is 30.8 Å². The molecule has 2 bridgehead atoms. The third-order valence-corrected chi connectivity index (χ3v) is 8.81. The molecule has 4 aliphatic rings. The Morgan fingerprint density at radius 2 is 2.03 bits per heavy atom. The predicted octanol–water partition coefficient (Wildman–Crippen LogP) is 2.86. The maximum atomic E-state index is 13.9. The lowest BCUT2D eigenvalue weighted by Gasteiger charge is -2.41. The van der Waals surface area contributed by atoms with E-state index in [4.69, 9.17) is 22.1 Å². The van der Waals surface area contributed by atoms with Gasteiger partial charge in [-0.1, -0.05) is 48.8 Å². The van der Waals surface area contributed by atoms with Crippen LogP contribution in [0.2, 0.25) is 0 Å². The molecule has 1 aliphatic carbocycles. The largest absolute Gasteiger partial charge is 0.379 e.